The number of allylic oxidation sites excluding steroid dienone is 2. The molecule has 0 aromatic carbocycles. The van der Waals surface area contributed by atoms with Crippen molar-refractivity contribution < 1.29 is 19.1 Å². The summed E-state index contributed by atoms with van der Waals surface area (Å²) < 4.78 is 12.2. The van der Waals surface area contributed by atoms with Gasteiger partial charge in [0.25, 0.3) is 0 Å². The first-order valence-electron chi connectivity index (χ1n) is 9.62. The standard InChI is InChI=1S/C22H32O4/c1-13(2)17(23)19(3,4)14-11-15-16(12-14)22(25-9-10-26-22)21(7,8)18(24)20(15,5)6/h12-13H,9-11H2,1-8H3. The normalized spacial score (nSPS) is 26.5. The fourth-order valence-electron chi connectivity index (χ4n) is 5.06. The minimum atomic E-state index is -1.03. The van der Waals surface area contributed by atoms with E-state index in [1.54, 1.807) is 0 Å². The Morgan fingerprint density at radius 3 is 2.15 bits per heavy atom. The minimum absolute atomic E-state index is 0.0393. The van der Waals surface area contributed by atoms with Crippen LogP contribution in [-0.2, 0) is 19.1 Å². The van der Waals surface area contributed by atoms with E-state index in [1.165, 1.54) is 0 Å². The molecule has 1 heterocycles. The third kappa shape index (κ3) is 2.27. The third-order valence-electron chi connectivity index (χ3n) is 6.72. The topological polar surface area (TPSA) is 52.6 Å². The van der Waals surface area contributed by atoms with Gasteiger partial charge >= 0.3 is 0 Å². The molecule has 0 bridgehead atoms. The molecule has 0 aromatic rings. The van der Waals surface area contributed by atoms with Gasteiger partial charge in [-0.25, -0.2) is 0 Å². The first-order valence-corrected chi connectivity index (χ1v) is 9.62. The molecule has 0 unspecified atom stereocenters. The largest absolute Gasteiger partial charge is 0.343 e. The first-order chi connectivity index (χ1) is 11.8. The second kappa shape index (κ2) is 5.62. The fourth-order valence-corrected chi connectivity index (χ4v) is 5.06. The van der Waals surface area contributed by atoms with Gasteiger partial charge in [0.1, 0.15) is 5.78 Å². The Bertz CT molecular complexity index is 725. The molecule has 4 heteroatoms. The molecule has 3 aliphatic rings. The lowest BCUT2D eigenvalue weighted by Crippen LogP contribution is -2.59. The van der Waals surface area contributed by atoms with Crippen molar-refractivity contribution in [3.05, 3.63) is 22.8 Å². The molecule has 1 fully saturated rings. The molecule has 0 radical (unpaired) electrons. The van der Waals surface area contributed by atoms with Crippen molar-refractivity contribution in [1.29, 1.82) is 0 Å². The van der Waals surface area contributed by atoms with Crippen LogP contribution < -0.4 is 0 Å². The van der Waals surface area contributed by atoms with Crippen LogP contribution in [0.3, 0.4) is 0 Å². The predicted octanol–water partition coefficient (Wildman–Crippen LogP) is 4.24. The van der Waals surface area contributed by atoms with Crippen LogP contribution >= 0.6 is 0 Å². The number of carbonyl (C=O) groups excluding carboxylic acids is 2. The molecule has 3 rings (SSSR count). The molecule has 0 atom stereocenters. The van der Waals surface area contributed by atoms with Crippen molar-refractivity contribution in [1.82, 2.24) is 0 Å². The van der Waals surface area contributed by atoms with E-state index in [9.17, 15) is 9.59 Å². The maximum Gasteiger partial charge on any atom is 0.207 e. The fraction of sp³-hybridized carbons (Fsp3) is 0.727. The van der Waals surface area contributed by atoms with Gasteiger partial charge in [0, 0.05) is 22.3 Å². The van der Waals surface area contributed by atoms with Crippen LogP contribution in [0, 0.1) is 22.2 Å². The molecule has 2 aliphatic carbocycles. The molecule has 0 aromatic heterocycles. The molecule has 26 heavy (non-hydrogen) atoms. The number of fused-ring (bicyclic) bond motifs is 1. The summed E-state index contributed by atoms with van der Waals surface area (Å²) in [4.78, 5) is 26.2. The lowest BCUT2D eigenvalue weighted by atomic mass is 9.58. The third-order valence-corrected chi connectivity index (χ3v) is 6.72. The number of hydrogen-bond donors (Lipinski definition) is 0. The summed E-state index contributed by atoms with van der Waals surface area (Å²) in [5, 5.41) is 0. The van der Waals surface area contributed by atoms with Gasteiger partial charge in [-0.3, -0.25) is 9.59 Å². The highest BCUT2D eigenvalue weighted by atomic mass is 16.7. The Hall–Kier alpha value is -1.26. The molecule has 0 saturated carbocycles. The summed E-state index contributed by atoms with van der Waals surface area (Å²) in [6.45, 7) is 16.6. The SMILES string of the molecule is CC(C)C(=O)C(C)(C)C1=CC2=C(C1)C(C)(C)C(=O)C(C)(C)C21OCCO1. The van der Waals surface area contributed by atoms with Crippen LogP contribution in [0.2, 0.25) is 0 Å². The Morgan fingerprint density at radius 2 is 1.65 bits per heavy atom. The monoisotopic (exact) mass is 360 g/mol. The van der Waals surface area contributed by atoms with Crippen LogP contribution in [0.4, 0.5) is 0 Å². The Kier molecular flexibility index (Phi) is 4.21. The van der Waals surface area contributed by atoms with Crippen molar-refractivity contribution in [3.63, 3.8) is 0 Å². The highest BCUT2D eigenvalue weighted by molar-refractivity contribution is 5.97. The number of ketones is 2. The van der Waals surface area contributed by atoms with Crippen LogP contribution in [0.5, 0.6) is 0 Å². The van der Waals surface area contributed by atoms with Crippen LogP contribution in [0.25, 0.3) is 0 Å². The summed E-state index contributed by atoms with van der Waals surface area (Å²) >= 11 is 0. The van der Waals surface area contributed by atoms with Gasteiger partial charge in [0.2, 0.25) is 5.79 Å². The van der Waals surface area contributed by atoms with E-state index < -0.39 is 22.0 Å². The van der Waals surface area contributed by atoms with E-state index in [2.05, 4.69) is 6.08 Å². The number of rotatable bonds is 3. The van der Waals surface area contributed by atoms with E-state index in [0.717, 1.165) is 16.7 Å². The van der Waals surface area contributed by atoms with Crippen LogP contribution in [-0.4, -0.2) is 30.6 Å². The molecule has 1 spiro atoms. The number of hydrogen-bond acceptors (Lipinski definition) is 4. The van der Waals surface area contributed by atoms with E-state index in [4.69, 9.17) is 9.47 Å². The number of Topliss-reactive ketones (excluding diaryl/α,β-unsaturated/α-hetero) is 2. The van der Waals surface area contributed by atoms with Crippen molar-refractivity contribution in [2.75, 3.05) is 13.2 Å². The molecule has 144 valence electrons. The van der Waals surface area contributed by atoms with Gasteiger partial charge in [-0.2, -0.15) is 0 Å². The highest BCUT2D eigenvalue weighted by Crippen LogP contribution is 2.60. The van der Waals surface area contributed by atoms with Gasteiger partial charge in [-0.15, -0.1) is 0 Å². The minimum Gasteiger partial charge on any atom is -0.343 e. The van der Waals surface area contributed by atoms with Crippen molar-refractivity contribution in [3.8, 4) is 0 Å². The highest BCUT2D eigenvalue weighted by Gasteiger charge is 2.65. The number of ether oxygens (including phenoxy) is 2. The van der Waals surface area contributed by atoms with Gasteiger partial charge in [0.05, 0.1) is 18.6 Å². The molecular formula is C22H32O4. The summed E-state index contributed by atoms with van der Waals surface area (Å²) in [6, 6.07) is 0. The average molecular weight is 360 g/mol. The van der Waals surface area contributed by atoms with Gasteiger partial charge < -0.3 is 9.47 Å². The maximum absolute atomic E-state index is 13.4. The zero-order valence-electron chi connectivity index (χ0n) is 17.4. The summed E-state index contributed by atoms with van der Waals surface area (Å²) in [6.07, 6.45) is 2.72. The van der Waals surface area contributed by atoms with Crippen molar-refractivity contribution >= 4 is 11.6 Å². The van der Waals surface area contributed by atoms with Gasteiger partial charge in [0.15, 0.2) is 5.78 Å². The lowest BCUT2D eigenvalue weighted by molar-refractivity contribution is -0.208. The van der Waals surface area contributed by atoms with Crippen molar-refractivity contribution in [2.24, 2.45) is 22.2 Å². The average Bonchev–Trinajstić information content (AvgIpc) is 3.19. The molecule has 0 N–H and O–H groups in total. The second-order valence-corrected chi connectivity index (χ2v) is 9.78. The molecular weight excluding hydrogens is 328 g/mol. The molecule has 1 aliphatic heterocycles. The van der Waals surface area contributed by atoms with E-state index >= 15 is 0 Å². The zero-order chi connectivity index (χ0) is 19.7. The van der Waals surface area contributed by atoms with Gasteiger partial charge in [-0.1, -0.05) is 25.5 Å². The van der Waals surface area contributed by atoms with Crippen molar-refractivity contribution in [2.45, 2.75) is 67.6 Å². The smallest absolute Gasteiger partial charge is 0.207 e. The molecule has 1 saturated heterocycles. The van der Waals surface area contributed by atoms with Gasteiger partial charge in [-0.05, 0) is 53.5 Å². The Morgan fingerprint density at radius 1 is 1.12 bits per heavy atom. The Labute approximate surface area is 157 Å². The predicted molar refractivity (Wildman–Crippen MR) is 101 cm³/mol. The second-order valence-electron chi connectivity index (χ2n) is 9.78. The zero-order valence-corrected chi connectivity index (χ0v) is 17.4. The first kappa shape index (κ1) is 19.5. The summed E-state index contributed by atoms with van der Waals surface area (Å²) in [5.74, 6) is -0.724. The van der Waals surface area contributed by atoms with E-state index in [-0.39, 0.29) is 17.5 Å². The Balaban J connectivity index is 2.16. The lowest BCUT2D eigenvalue weighted by Gasteiger charge is -2.50. The van der Waals surface area contributed by atoms with E-state index in [1.807, 2.05) is 55.4 Å². The quantitative estimate of drug-likeness (QED) is 0.755. The van der Waals surface area contributed by atoms with Crippen LogP contribution in [0.1, 0.15) is 61.8 Å². The van der Waals surface area contributed by atoms with Crippen LogP contribution in [0.15, 0.2) is 22.8 Å². The van der Waals surface area contributed by atoms with E-state index in [0.29, 0.717) is 19.6 Å². The molecule has 0 amide bonds. The maximum atomic E-state index is 13.4. The summed E-state index contributed by atoms with van der Waals surface area (Å²) in [7, 11) is 0. The number of carbonyl (C=O) groups is 2. The summed E-state index contributed by atoms with van der Waals surface area (Å²) in [5.41, 5.74) is 1.10. The molecule has 4 nitrogen and oxygen atoms in total.